The molecule has 5 heteroatoms. The molecule has 2 N–H and O–H groups in total. The summed E-state index contributed by atoms with van der Waals surface area (Å²) in [5, 5.41) is 6.86. The summed E-state index contributed by atoms with van der Waals surface area (Å²) in [5.74, 6) is 1.99. The van der Waals surface area contributed by atoms with Gasteiger partial charge in [0.2, 0.25) is 0 Å². The number of guanidine groups is 1. The highest BCUT2D eigenvalue weighted by atomic mass is 32.2. The van der Waals surface area contributed by atoms with Crippen LogP contribution in [0, 0.1) is 0 Å². The maximum absolute atomic E-state index is 4.32. The van der Waals surface area contributed by atoms with Crippen LogP contribution in [0.5, 0.6) is 0 Å². The third-order valence-electron chi connectivity index (χ3n) is 4.05. The lowest BCUT2D eigenvalue weighted by molar-refractivity contribution is 0.245. The Labute approximate surface area is 138 Å². The lowest BCUT2D eigenvalue weighted by atomic mass is 10.1. The normalized spacial score (nSPS) is 17.5. The molecule has 4 nitrogen and oxygen atoms in total. The predicted molar refractivity (Wildman–Crippen MR) is 97.7 cm³/mol. The first-order chi connectivity index (χ1) is 10.8. The summed E-state index contributed by atoms with van der Waals surface area (Å²) in [5.41, 5.74) is 1.39. The van der Waals surface area contributed by atoms with Gasteiger partial charge in [0.1, 0.15) is 0 Å². The lowest BCUT2D eigenvalue weighted by Crippen LogP contribution is -2.43. The van der Waals surface area contributed by atoms with Gasteiger partial charge in [-0.05, 0) is 37.8 Å². The molecule has 1 aliphatic heterocycles. The Hall–Kier alpha value is -1.20. The number of hydrogen-bond donors (Lipinski definition) is 2. The van der Waals surface area contributed by atoms with Gasteiger partial charge in [-0.1, -0.05) is 30.3 Å². The van der Waals surface area contributed by atoms with Crippen molar-refractivity contribution >= 4 is 17.7 Å². The first-order valence-electron chi connectivity index (χ1n) is 8.07. The van der Waals surface area contributed by atoms with Crippen LogP contribution in [0.3, 0.4) is 0 Å². The Morgan fingerprint density at radius 3 is 2.59 bits per heavy atom. The van der Waals surface area contributed by atoms with Crippen molar-refractivity contribution in [3.63, 3.8) is 0 Å². The number of likely N-dealkylation sites (tertiary alicyclic amines) is 1. The Morgan fingerprint density at radius 1 is 1.23 bits per heavy atom. The van der Waals surface area contributed by atoms with Crippen LogP contribution in [0.25, 0.3) is 0 Å². The monoisotopic (exact) mass is 320 g/mol. The summed E-state index contributed by atoms with van der Waals surface area (Å²) in [6, 6.07) is 11.2. The van der Waals surface area contributed by atoms with Crippen molar-refractivity contribution in [1.29, 1.82) is 0 Å². The van der Waals surface area contributed by atoms with Crippen LogP contribution >= 0.6 is 11.8 Å². The van der Waals surface area contributed by atoms with Gasteiger partial charge in [0.25, 0.3) is 0 Å². The van der Waals surface area contributed by atoms with Crippen LogP contribution in [0.15, 0.2) is 35.3 Å². The van der Waals surface area contributed by atoms with Gasteiger partial charge in [0.05, 0.1) is 6.04 Å². The Bertz CT molecular complexity index is 443. The molecular formula is C17H28N4S. The smallest absolute Gasteiger partial charge is 0.191 e. The number of thioether (sulfide) groups is 1. The number of rotatable bonds is 7. The molecule has 0 amide bonds. The summed E-state index contributed by atoms with van der Waals surface area (Å²) in [6.45, 7) is 4.23. The Balaban J connectivity index is 1.94. The molecule has 0 spiro atoms. The molecule has 0 bridgehead atoms. The second kappa shape index (κ2) is 9.74. The van der Waals surface area contributed by atoms with Gasteiger partial charge in [-0.2, -0.15) is 11.8 Å². The van der Waals surface area contributed by atoms with Crippen LogP contribution < -0.4 is 10.6 Å². The van der Waals surface area contributed by atoms with E-state index in [0.29, 0.717) is 6.04 Å². The molecule has 2 rings (SSSR count). The van der Waals surface area contributed by atoms with Crippen molar-refractivity contribution in [1.82, 2.24) is 15.5 Å². The van der Waals surface area contributed by atoms with Gasteiger partial charge < -0.3 is 10.6 Å². The van der Waals surface area contributed by atoms with E-state index in [1.165, 1.54) is 31.5 Å². The van der Waals surface area contributed by atoms with Gasteiger partial charge in [-0.25, -0.2) is 0 Å². The maximum Gasteiger partial charge on any atom is 0.191 e. The minimum atomic E-state index is 0.419. The number of benzene rings is 1. The molecule has 0 aliphatic carbocycles. The third-order valence-corrected chi connectivity index (χ3v) is 4.66. The van der Waals surface area contributed by atoms with Crippen LogP contribution in [0.2, 0.25) is 0 Å². The SMILES string of the molecule is CN=C(NCCSC)NCC(c1ccccc1)N1CCCC1. The number of hydrogen-bond acceptors (Lipinski definition) is 3. The summed E-state index contributed by atoms with van der Waals surface area (Å²) >= 11 is 1.84. The van der Waals surface area contributed by atoms with Gasteiger partial charge in [-0.3, -0.25) is 9.89 Å². The highest BCUT2D eigenvalue weighted by Gasteiger charge is 2.23. The maximum atomic E-state index is 4.32. The molecule has 1 heterocycles. The zero-order chi connectivity index (χ0) is 15.6. The number of nitrogens with one attached hydrogen (secondary N) is 2. The van der Waals surface area contributed by atoms with E-state index in [2.05, 4.69) is 57.1 Å². The first kappa shape index (κ1) is 17.2. The van der Waals surface area contributed by atoms with Crippen molar-refractivity contribution in [2.24, 2.45) is 4.99 Å². The Kier molecular flexibility index (Phi) is 7.60. The highest BCUT2D eigenvalue weighted by molar-refractivity contribution is 7.98. The van der Waals surface area contributed by atoms with Gasteiger partial charge in [-0.15, -0.1) is 0 Å². The van der Waals surface area contributed by atoms with Crippen LogP contribution in [-0.4, -0.2) is 56.1 Å². The van der Waals surface area contributed by atoms with E-state index in [-0.39, 0.29) is 0 Å². The van der Waals surface area contributed by atoms with E-state index < -0.39 is 0 Å². The average Bonchev–Trinajstić information content (AvgIpc) is 3.09. The molecule has 1 saturated heterocycles. The predicted octanol–water partition coefficient (Wildman–Crippen LogP) is 2.35. The molecule has 1 aromatic rings. The molecule has 22 heavy (non-hydrogen) atoms. The fraction of sp³-hybridized carbons (Fsp3) is 0.588. The molecule has 1 atom stereocenters. The molecule has 0 aromatic heterocycles. The van der Waals surface area contributed by atoms with E-state index in [4.69, 9.17) is 0 Å². The summed E-state index contributed by atoms with van der Waals surface area (Å²) in [7, 11) is 1.84. The fourth-order valence-corrected chi connectivity index (χ4v) is 3.18. The van der Waals surface area contributed by atoms with Crippen molar-refractivity contribution in [3.8, 4) is 0 Å². The van der Waals surface area contributed by atoms with Gasteiger partial charge in [0, 0.05) is 25.9 Å². The molecule has 1 fully saturated rings. The van der Waals surface area contributed by atoms with Gasteiger partial charge >= 0.3 is 0 Å². The second-order valence-corrected chi connectivity index (χ2v) is 6.53. The molecule has 0 saturated carbocycles. The molecule has 1 aliphatic rings. The molecule has 1 unspecified atom stereocenters. The van der Waals surface area contributed by atoms with E-state index in [9.17, 15) is 0 Å². The minimum Gasteiger partial charge on any atom is -0.356 e. The molecule has 0 radical (unpaired) electrons. The zero-order valence-electron chi connectivity index (χ0n) is 13.7. The molecule has 122 valence electrons. The van der Waals surface area contributed by atoms with Crippen LogP contribution in [-0.2, 0) is 0 Å². The Morgan fingerprint density at radius 2 is 1.95 bits per heavy atom. The van der Waals surface area contributed by atoms with E-state index in [0.717, 1.165) is 24.8 Å². The first-order valence-corrected chi connectivity index (χ1v) is 9.47. The summed E-state index contributed by atoms with van der Waals surface area (Å²) in [4.78, 5) is 6.90. The topological polar surface area (TPSA) is 39.7 Å². The van der Waals surface area contributed by atoms with Crippen molar-refractivity contribution in [2.75, 3.05) is 45.2 Å². The molecule has 1 aromatic carbocycles. The number of nitrogens with zero attached hydrogens (tertiary/aromatic N) is 2. The number of aliphatic imine (C=N–C) groups is 1. The van der Waals surface area contributed by atoms with Crippen molar-refractivity contribution in [3.05, 3.63) is 35.9 Å². The summed E-state index contributed by atoms with van der Waals surface area (Å²) in [6.07, 6.45) is 4.74. The third kappa shape index (κ3) is 5.21. The highest BCUT2D eigenvalue weighted by Crippen LogP contribution is 2.24. The lowest BCUT2D eigenvalue weighted by Gasteiger charge is -2.29. The largest absolute Gasteiger partial charge is 0.356 e. The summed E-state index contributed by atoms with van der Waals surface area (Å²) < 4.78 is 0. The standard InChI is InChI=1S/C17H28N4S/c1-18-17(19-10-13-22-2)20-14-16(21-11-6-7-12-21)15-8-4-3-5-9-15/h3-5,8-9,16H,6-7,10-14H2,1-2H3,(H2,18,19,20). The quantitative estimate of drug-likeness (QED) is 0.460. The molecular weight excluding hydrogens is 292 g/mol. The van der Waals surface area contributed by atoms with E-state index in [1.807, 2.05) is 18.8 Å². The van der Waals surface area contributed by atoms with E-state index >= 15 is 0 Å². The average molecular weight is 321 g/mol. The van der Waals surface area contributed by atoms with E-state index in [1.54, 1.807) is 0 Å². The fourth-order valence-electron chi connectivity index (χ4n) is 2.87. The zero-order valence-corrected chi connectivity index (χ0v) is 14.5. The second-order valence-electron chi connectivity index (χ2n) is 5.54. The minimum absolute atomic E-state index is 0.419. The van der Waals surface area contributed by atoms with Crippen LogP contribution in [0.1, 0.15) is 24.4 Å². The van der Waals surface area contributed by atoms with Crippen molar-refractivity contribution < 1.29 is 0 Å². The van der Waals surface area contributed by atoms with Crippen molar-refractivity contribution in [2.45, 2.75) is 18.9 Å². The van der Waals surface area contributed by atoms with Crippen LogP contribution in [0.4, 0.5) is 0 Å². The van der Waals surface area contributed by atoms with Gasteiger partial charge in [0.15, 0.2) is 5.96 Å².